The van der Waals surface area contributed by atoms with E-state index in [0.717, 1.165) is 30.8 Å². The van der Waals surface area contributed by atoms with Crippen molar-refractivity contribution in [2.45, 2.75) is 44.7 Å². The molecule has 0 bridgehead atoms. The van der Waals surface area contributed by atoms with Crippen molar-refractivity contribution in [2.75, 3.05) is 42.7 Å². The van der Waals surface area contributed by atoms with Crippen LogP contribution in [-0.2, 0) is 26.6 Å². The lowest BCUT2D eigenvalue weighted by atomic mass is 9.96. The third-order valence-electron chi connectivity index (χ3n) is 5.69. The first-order chi connectivity index (χ1) is 11.4. The van der Waals surface area contributed by atoms with Gasteiger partial charge in [0.2, 0.25) is 0 Å². The Morgan fingerprint density at radius 3 is 1.50 bits per heavy atom. The molecule has 1 aliphatic carbocycles. The van der Waals surface area contributed by atoms with Crippen molar-refractivity contribution in [3.63, 3.8) is 0 Å². The summed E-state index contributed by atoms with van der Waals surface area (Å²) in [5.74, 6) is 2.13. The molecule has 1 fully saturated rings. The predicted octanol–water partition coefficient (Wildman–Crippen LogP) is 3.19. The van der Waals surface area contributed by atoms with Crippen LogP contribution >= 0.6 is 0 Å². The maximum absolute atomic E-state index is 5.54. The molecule has 8 heteroatoms. The molecule has 0 aromatic heterocycles. The second-order valence-electron chi connectivity index (χ2n) is 6.74. The standard InChI is InChI=1S/C16H36O6Si2/c1-14-12-15(8-10-23(17-2,18-3)19-4)13-16(14)9-11-24(20-5,21-6)22-7/h14-16H,8-13H2,1-7H3. The lowest BCUT2D eigenvalue weighted by Gasteiger charge is -2.26. The molecule has 0 radical (unpaired) electrons. The molecule has 0 N–H and O–H groups in total. The average Bonchev–Trinajstić information content (AvgIpc) is 2.98. The van der Waals surface area contributed by atoms with E-state index in [9.17, 15) is 0 Å². The summed E-state index contributed by atoms with van der Waals surface area (Å²) >= 11 is 0. The minimum atomic E-state index is -2.46. The van der Waals surface area contributed by atoms with Crippen LogP contribution in [0.2, 0.25) is 12.1 Å². The van der Waals surface area contributed by atoms with Crippen LogP contribution in [0.4, 0.5) is 0 Å². The smallest absolute Gasteiger partial charge is 0.377 e. The summed E-state index contributed by atoms with van der Waals surface area (Å²) in [6.45, 7) is 2.36. The fourth-order valence-electron chi connectivity index (χ4n) is 3.97. The van der Waals surface area contributed by atoms with Crippen LogP contribution in [0.3, 0.4) is 0 Å². The van der Waals surface area contributed by atoms with Gasteiger partial charge in [0.15, 0.2) is 0 Å². The quantitative estimate of drug-likeness (QED) is 0.485. The number of hydrogen-bond donors (Lipinski definition) is 0. The van der Waals surface area contributed by atoms with Crippen molar-refractivity contribution in [2.24, 2.45) is 17.8 Å². The summed E-state index contributed by atoms with van der Waals surface area (Å²) in [6, 6.07) is 1.76. The fraction of sp³-hybridized carbons (Fsp3) is 1.00. The van der Waals surface area contributed by atoms with Gasteiger partial charge in [-0.3, -0.25) is 0 Å². The molecule has 0 heterocycles. The minimum Gasteiger partial charge on any atom is -0.377 e. The summed E-state index contributed by atoms with van der Waals surface area (Å²) in [5.41, 5.74) is 0. The summed E-state index contributed by atoms with van der Waals surface area (Å²) in [4.78, 5) is 0. The Hall–Kier alpha value is 0.194. The Morgan fingerprint density at radius 1 is 0.667 bits per heavy atom. The van der Waals surface area contributed by atoms with E-state index < -0.39 is 17.6 Å². The number of rotatable bonds is 12. The molecule has 1 rings (SSSR count). The summed E-state index contributed by atoms with van der Waals surface area (Å²) in [7, 11) is 5.20. The van der Waals surface area contributed by atoms with E-state index in [1.807, 2.05) is 0 Å². The Balaban J connectivity index is 2.50. The highest BCUT2D eigenvalue weighted by molar-refractivity contribution is 6.60. The van der Waals surface area contributed by atoms with Crippen molar-refractivity contribution >= 4 is 17.6 Å². The van der Waals surface area contributed by atoms with Crippen molar-refractivity contribution in [3.8, 4) is 0 Å². The zero-order valence-electron chi connectivity index (χ0n) is 16.4. The lowest BCUT2D eigenvalue weighted by molar-refractivity contribution is 0.120. The highest BCUT2D eigenvalue weighted by atomic mass is 28.4. The van der Waals surface area contributed by atoms with Gasteiger partial charge in [-0.25, -0.2) is 0 Å². The zero-order chi connectivity index (χ0) is 18.2. The van der Waals surface area contributed by atoms with Gasteiger partial charge in [0.1, 0.15) is 0 Å². The molecule has 0 spiro atoms. The maximum Gasteiger partial charge on any atom is 0.500 e. The van der Waals surface area contributed by atoms with E-state index in [1.165, 1.54) is 12.8 Å². The van der Waals surface area contributed by atoms with Crippen molar-refractivity contribution < 1.29 is 26.6 Å². The van der Waals surface area contributed by atoms with Crippen LogP contribution < -0.4 is 0 Å². The van der Waals surface area contributed by atoms with Crippen molar-refractivity contribution in [1.29, 1.82) is 0 Å². The van der Waals surface area contributed by atoms with E-state index in [0.29, 0.717) is 11.8 Å². The molecule has 0 aromatic carbocycles. The molecule has 3 atom stereocenters. The van der Waals surface area contributed by atoms with Gasteiger partial charge in [-0.2, -0.15) is 0 Å². The van der Waals surface area contributed by atoms with Gasteiger partial charge < -0.3 is 26.6 Å². The Labute approximate surface area is 149 Å². The van der Waals surface area contributed by atoms with Crippen molar-refractivity contribution in [1.82, 2.24) is 0 Å². The van der Waals surface area contributed by atoms with E-state index in [-0.39, 0.29) is 0 Å². The Morgan fingerprint density at radius 2 is 1.08 bits per heavy atom. The second kappa shape index (κ2) is 10.4. The van der Waals surface area contributed by atoms with Gasteiger partial charge in [-0.1, -0.05) is 6.92 Å². The van der Waals surface area contributed by atoms with Crippen LogP contribution in [0.1, 0.15) is 32.6 Å². The van der Waals surface area contributed by atoms with Gasteiger partial charge in [0.05, 0.1) is 0 Å². The molecule has 6 nitrogen and oxygen atoms in total. The number of hydrogen-bond acceptors (Lipinski definition) is 6. The third kappa shape index (κ3) is 5.60. The molecule has 0 amide bonds. The molecule has 1 aliphatic rings. The first-order valence-corrected chi connectivity index (χ1v) is 12.6. The van der Waals surface area contributed by atoms with Crippen LogP contribution in [-0.4, -0.2) is 60.3 Å². The topological polar surface area (TPSA) is 55.4 Å². The van der Waals surface area contributed by atoms with Gasteiger partial charge in [0, 0.05) is 54.7 Å². The highest BCUT2D eigenvalue weighted by Gasteiger charge is 2.42. The van der Waals surface area contributed by atoms with Crippen molar-refractivity contribution in [3.05, 3.63) is 0 Å². The monoisotopic (exact) mass is 380 g/mol. The van der Waals surface area contributed by atoms with Crippen LogP contribution in [0.15, 0.2) is 0 Å². The van der Waals surface area contributed by atoms with Gasteiger partial charge in [-0.05, 0) is 43.4 Å². The molecule has 0 aliphatic heterocycles. The summed E-state index contributed by atoms with van der Waals surface area (Å²) in [5, 5.41) is 0. The van der Waals surface area contributed by atoms with E-state index in [1.54, 1.807) is 42.7 Å². The molecule has 1 saturated carbocycles. The predicted molar refractivity (Wildman–Crippen MR) is 97.8 cm³/mol. The van der Waals surface area contributed by atoms with Crippen LogP contribution in [0.25, 0.3) is 0 Å². The van der Waals surface area contributed by atoms with E-state index >= 15 is 0 Å². The molecule has 0 saturated heterocycles. The largest absolute Gasteiger partial charge is 0.500 e. The summed E-state index contributed by atoms with van der Waals surface area (Å²) < 4.78 is 33.2. The second-order valence-corrected chi connectivity index (χ2v) is 12.9. The molecule has 24 heavy (non-hydrogen) atoms. The van der Waals surface area contributed by atoms with Gasteiger partial charge in [-0.15, -0.1) is 0 Å². The zero-order valence-corrected chi connectivity index (χ0v) is 18.4. The van der Waals surface area contributed by atoms with Crippen LogP contribution in [0.5, 0.6) is 0 Å². The van der Waals surface area contributed by atoms with E-state index in [4.69, 9.17) is 26.6 Å². The fourth-order valence-corrected chi connectivity index (χ4v) is 7.68. The molecular formula is C16H36O6Si2. The van der Waals surface area contributed by atoms with E-state index in [2.05, 4.69) is 6.92 Å². The molecular weight excluding hydrogens is 344 g/mol. The Kier molecular flexibility index (Phi) is 9.61. The average molecular weight is 381 g/mol. The lowest BCUT2D eigenvalue weighted by Crippen LogP contribution is -2.43. The summed E-state index contributed by atoms with van der Waals surface area (Å²) in [6.07, 6.45) is 4.70. The first-order valence-electron chi connectivity index (χ1n) is 8.74. The Bertz CT molecular complexity index is 333. The third-order valence-corrected chi connectivity index (χ3v) is 11.2. The van der Waals surface area contributed by atoms with Crippen LogP contribution in [0, 0.1) is 17.8 Å². The minimum absolute atomic E-state index is 0.700. The van der Waals surface area contributed by atoms with Gasteiger partial charge in [0.25, 0.3) is 0 Å². The van der Waals surface area contributed by atoms with Gasteiger partial charge >= 0.3 is 17.6 Å². The highest BCUT2D eigenvalue weighted by Crippen LogP contribution is 2.42. The molecule has 144 valence electrons. The normalized spacial score (nSPS) is 25.4. The maximum atomic E-state index is 5.54. The molecule has 0 aromatic rings. The first kappa shape index (κ1) is 22.2. The SMILES string of the molecule is CO[Si](CCC1CC(C)C(CC[Si](OC)(OC)OC)C1)(OC)OC. The molecule has 3 unspecified atom stereocenters.